The van der Waals surface area contributed by atoms with Crippen LogP contribution < -0.4 is 0 Å². The van der Waals surface area contributed by atoms with E-state index in [1.165, 1.54) is 42.1 Å². The molecule has 0 heterocycles. The SMILES string of the molecule is BrCC(CC1CCCC1)c1cccc(Br)c1. The van der Waals surface area contributed by atoms with E-state index in [1.54, 1.807) is 0 Å². The number of hydrogen-bond acceptors (Lipinski definition) is 0. The topological polar surface area (TPSA) is 0 Å². The Bertz CT molecular complexity index is 329. The van der Waals surface area contributed by atoms with Gasteiger partial charge in [-0.15, -0.1) is 0 Å². The molecule has 0 aliphatic heterocycles. The highest BCUT2D eigenvalue weighted by molar-refractivity contribution is 9.10. The summed E-state index contributed by atoms with van der Waals surface area (Å²) >= 11 is 7.23. The number of rotatable bonds is 4. The van der Waals surface area contributed by atoms with Crippen molar-refractivity contribution in [1.29, 1.82) is 0 Å². The van der Waals surface area contributed by atoms with E-state index in [2.05, 4.69) is 56.1 Å². The fourth-order valence-corrected chi connectivity index (χ4v) is 3.75. The van der Waals surface area contributed by atoms with E-state index in [-0.39, 0.29) is 0 Å². The molecule has 1 unspecified atom stereocenters. The monoisotopic (exact) mass is 344 g/mol. The zero-order chi connectivity index (χ0) is 11.4. The van der Waals surface area contributed by atoms with Gasteiger partial charge in [-0.2, -0.15) is 0 Å². The second kappa shape index (κ2) is 6.20. The van der Waals surface area contributed by atoms with Gasteiger partial charge in [-0.25, -0.2) is 0 Å². The lowest BCUT2D eigenvalue weighted by atomic mass is 9.89. The summed E-state index contributed by atoms with van der Waals surface area (Å²) < 4.78 is 1.20. The number of benzene rings is 1. The van der Waals surface area contributed by atoms with Crippen LogP contribution in [0.15, 0.2) is 28.7 Å². The third-order valence-electron chi connectivity index (χ3n) is 3.60. The molecular weight excluding hydrogens is 328 g/mol. The Morgan fingerprint density at radius 1 is 1.25 bits per heavy atom. The molecule has 0 saturated heterocycles. The molecular formula is C14H18Br2. The normalized spacial score (nSPS) is 18.9. The van der Waals surface area contributed by atoms with E-state index in [9.17, 15) is 0 Å². The molecule has 0 aromatic heterocycles. The quantitative estimate of drug-likeness (QED) is 0.631. The van der Waals surface area contributed by atoms with Gasteiger partial charge in [-0.1, -0.05) is 69.7 Å². The van der Waals surface area contributed by atoms with Gasteiger partial charge >= 0.3 is 0 Å². The maximum Gasteiger partial charge on any atom is 0.0178 e. The van der Waals surface area contributed by atoms with Gasteiger partial charge in [-0.3, -0.25) is 0 Å². The largest absolute Gasteiger partial charge is 0.0921 e. The van der Waals surface area contributed by atoms with Crippen molar-refractivity contribution >= 4 is 31.9 Å². The van der Waals surface area contributed by atoms with Crippen LogP contribution >= 0.6 is 31.9 Å². The Labute approximate surface area is 115 Å². The van der Waals surface area contributed by atoms with E-state index in [0.717, 1.165) is 11.2 Å². The van der Waals surface area contributed by atoms with Crippen LogP contribution in [0.1, 0.15) is 43.6 Å². The van der Waals surface area contributed by atoms with Crippen LogP contribution in [0, 0.1) is 5.92 Å². The lowest BCUT2D eigenvalue weighted by Crippen LogP contribution is -2.06. The van der Waals surface area contributed by atoms with E-state index < -0.39 is 0 Å². The first-order chi connectivity index (χ1) is 7.79. The molecule has 2 heteroatoms. The maximum atomic E-state index is 3.67. The van der Waals surface area contributed by atoms with Gasteiger partial charge in [0, 0.05) is 9.80 Å². The highest BCUT2D eigenvalue weighted by Crippen LogP contribution is 2.35. The molecule has 1 aliphatic rings. The fraction of sp³-hybridized carbons (Fsp3) is 0.571. The van der Waals surface area contributed by atoms with Crippen molar-refractivity contribution in [3.63, 3.8) is 0 Å². The van der Waals surface area contributed by atoms with Crippen molar-refractivity contribution in [2.45, 2.75) is 38.0 Å². The molecule has 1 atom stereocenters. The van der Waals surface area contributed by atoms with Crippen molar-refractivity contribution in [3.8, 4) is 0 Å². The van der Waals surface area contributed by atoms with Gasteiger partial charge in [0.25, 0.3) is 0 Å². The van der Waals surface area contributed by atoms with Gasteiger partial charge in [-0.05, 0) is 36.0 Å². The summed E-state index contributed by atoms with van der Waals surface area (Å²) in [5.74, 6) is 1.64. The van der Waals surface area contributed by atoms with Crippen LogP contribution in [0.4, 0.5) is 0 Å². The van der Waals surface area contributed by atoms with Crippen LogP contribution in [0.5, 0.6) is 0 Å². The smallest absolute Gasteiger partial charge is 0.0178 e. The van der Waals surface area contributed by atoms with Crippen LogP contribution in [-0.4, -0.2) is 5.33 Å². The molecule has 1 saturated carbocycles. The van der Waals surface area contributed by atoms with Crippen molar-refractivity contribution < 1.29 is 0 Å². The van der Waals surface area contributed by atoms with Gasteiger partial charge in [0.2, 0.25) is 0 Å². The summed E-state index contributed by atoms with van der Waals surface area (Å²) in [4.78, 5) is 0. The number of hydrogen-bond donors (Lipinski definition) is 0. The Hall–Kier alpha value is 0.180. The van der Waals surface area contributed by atoms with Gasteiger partial charge in [0.1, 0.15) is 0 Å². The summed E-state index contributed by atoms with van der Waals surface area (Å²) in [5, 5.41) is 1.08. The van der Waals surface area contributed by atoms with E-state index in [0.29, 0.717) is 5.92 Å². The first-order valence-electron chi connectivity index (χ1n) is 6.11. The molecule has 88 valence electrons. The molecule has 0 radical (unpaired) electrons. The molecule has 0 spiro atoms. The third-order valence-corrected chi connectivity index (χ3v) is 4.87. The average molecular weight is 346 g/mol. The predicted molar refractivity (Wildman–Crippen MR) is 77.3 cm³/mol. The minimum absolute atomic E-state index is 0.681. The van der Waals surface area contributed by atoms with E-state index in [1.807, 2.05) is 0 Å². The molecule has 0 bridgehead atoms. The molecule has 0 amide bonds. The van der Waals surface area contributed by atoms with Crippen molar-refractivity contribution in [1.82, 2.24) is 0 Å². The Kier molecular flexibility index (Phi) is 4.90. The second-order valence-corrected chi connectivity index (χ2v) is 6.36. The predicted octanol–water partition coefficient (Wildman–Crippen LogP) is 5.51. The zero-order valence-electron chi connectivity index (χ0n) is 9.46. The summed E-state index contributed by atoms with van der Waals surface area (Å²) in [6.07, 6.45) is 7.12. The van der Waals surface area contributed by atoms with Crippen molar-refractivity contribution in [2.75, 3.05) is 5.33 Å². The third kappa shape index (κ3) is 3.33. The van der Waals surface area contributed by atoms with Gasteiger partial charge in [0.05, 0.1) is 0 Å². The molecule has 16 heavy (non-hydrogen) atoms. The molecule has 2 rings (SSSR count). The summed E-state index contributed by atoms with van der Waals surface area (Å²) in [6.45, 7) is 0. The molecule has 0 nitrogen and oxygen atoms in total. The molecule has 0 N–H and O–H groups in total. The first-order valence-corrected chi connectivity index (χ1v) is 8.02. The van der Waals surface area contributed by atoms with Gasteiger partial charge in [0.15, 0.2) is 0 Å². The second-order valence-electron chi connectivity index (χ2n) is 4.79. The Morgan fingerprint density at radius 2 is 2.00 bits per heavy atom. The molecule has 1 aliphatic carbocycles. The van der Waals surface area contributed by atoms with Crippen LogP contribution in [0.3, 0.4) is 0 Å². The minimum Gasteiger partial charge on any atom is -0.0921 e. The van der Waals surface area contributed by atoms with Gasteiger partial charge < -0.3 is 0 Å². The highest BCUT2D eigenvalue weighted by atomic mass is 79.9. The van der Waals surface area contributed by atoms with E-state index >= 15 is 0 Å². The lowest BCUT2D eigenvalue weighted by Gasteiger charge is -2.19. The average Bonchev–Trinajstić information content (AvgIpc) is 2.78. The summed E-state index contributed by atoms with van der Waals surface area (Å²) in [7, 11) is 0. The minimum atomic E-state index is 0.681. The summed E-state index contributed by atoms with van der Waals surface area (Å²) in [6, 6.07) is 8.76. The highest BCUT2D eigenvalue weighted by Gasteiger charge is 2.20. The molecule has 1 fully saturated rings. The molecule has 1 aromatic carbocycles. The molecule has 1 aromatic rings. The maximum absolute atomic E-state index is 3.67. The van der Waals surface area contributed by atoms with Crippen molar-refractivity contribution in [2.24, 2.45) is 5.92 Å². The Morgan fingerprint density at radius 3 is 2.62 bits per heavy atom. The fourth-order valence-electron chi connectivity index (χ4n) is 2.70. The van der Waals surface area contributed by atoms with Crippen molar-refractivity contribution in [3.05, 3.63) is 34.3 Å². The zero-order valence-corrected chi connectivity index (χ0v) is 12.6. The number of alkyl halides is 1. The van der Waals surface area contributed by atoms with Crippen LogP contribution in [-0.2, 0) is 0 Å². The lowest BCUT2D eigenvalue weighted by molar-refractivity contribution is 0.464. The van der Waals surface area contributed by atoms with E-state index in [4.69, 9.17) is 0 Å². The number of halogens is 2. The first kappa shape index (κ1) is 12.6. The standard InChI is InChI=1S/C14H18Br2/c15-10-13(8-11-4-1-2-5-11)12-6-3-7-14(16)9-12/h3,6-7,9,11,13H,1-2,4-5,8,10H2. The van der Waals surface area contributed by atoms with Crippen LogP contribution in [0.2, 0.25) is 0 Å². The van der Waals surface area contributed by atoms with Crippen LogP contribution in [0.25, 0.3) is 0 Å². The Balaban J connectivity index is 2.03. The summed E-state index contributed by atoms with van der Waals surface area (Å²) in [5.41, 5.74) is 1.47.